The van der Waals surface area contributed by atoms with Gasteiger partial charge in [-0.25, -0.2) is 23.1 Å². The average molecular weight is 540 g/mol. The molecular formula is C25H25N5O3S3. The summed E-state index contributed by atoms with van der Waals surface area (Å²) in [5.74, 6) is 0.822. The van der Waals surface area contributed by atoms with Gasteiger partial charge in [0.25, 0.3) is 10.0 Å². The van der Waals surface area contributed by atoms with Crippen LogP contribution in [0, 0.1) is 11.6 Å². The van der Waals surface area contributed by atoms with Gasteiger partial charge in [-0.05, 0) is 76.2 Å². The Kier molecular flexibility index (Phi) is 6.09. The predicted molar refractivity (Wildman–Crippen MR) is 145 cm³/mol. The second kappa shape index (κ2) is 8.99. The number of anilines is 2. The van der Waals surface area contributed by atoms with E-state index in [0.717, 1.165) is 33.1 Å². The van der Waals surface area contributed by atoms with Crippen LogP contribution in [0.1, 0.15) is 31.3 Å². The van der Waals surface area contributed by atoms with Crippen LogP contribution in [0.15, 0.2) is 59.6 Å². The molecule has 0 unspecified atom stereocenters. The van der Waals surface area contributed by atoms with E-state index in [1.165, 1.54) is 6.20 Å². The number of nitrogens with one attached hydrogen (secondary N) is 2. The Labute approximate surface area is 219 Å². The van der Waals surface area contributed by atoms with Crippen molar-refractivity contribution in [1.82, 2.24) is 13.9 Å². The molecule has 3 heterocycles. The maximum absolute atomic E-state index is 12.9. The van der Waals surface area contributed by atoms with E-state index in [-0.39, 0.29) is 16.4 Å². The van der Waals surface area contributed by atoms with Crippen molar-refractivity contribution < 1.29 is 13.2 Å². The summed E-state index contributed by atoms with van der Waals surface area (Å²) in [6.45, 7) is 8.54. The fourth-order valence-electron chi connectivity index (χ4n) is 4.14. The van der Waals surface area contributed by atoms with E-state index in [1.807, 2.05) is 29.1 Å². The molecule has 0 radical (unpaired) electrons. The van der Waals surface area contributed by atoms with Crippen LogP contribution in [0.3, 0.4) is 0 Å². The predicted octanol–water partition coefficient (Wildman–Crippen LogP) is 5.89. The summed E-state index contributed by atoms with van der Waals surface area (Å²) in [5, 5.41) is 3.61. The van der Waals surface area contributed by atoms with Crippen LogP contribution in [0.25, 0.3) is 16.8 Å². The number of nitrogens with zero attached hydrogens (tertiary/aromatic N) is 3. The molecule has 4 aromatic rings. The Hall–Kier alpha value is -3.28. The molecular weight excluding hydrogens is 515 g/mol. The highest BCUT2D eigenvalue weighted by atomic mass is 32.2. The van der Waals surface area contributed by atoms with Gasteiger partial charge in [0.2, 0.25) is 5.95 Å². The van der Waals surface area contributed by atoms with Crippen molar-refractivity contribution in [2.24, 2.45) is 0 Å². The van der Waals surface area contributed by atoms with Crippen LogP contribution in [0.2, 0.25) is 0 Å². The molecule has 0 saturated carbocycles. The Balaban J connectivity index is 1.53. The Morgan fingerprint density at radius 3 is 2.61 bits per heavy atom. The van der Waals surface area contributed by atoms with Crippen LogP contribution in [-0.4, -0.2) is 28.9 Å². The molecule has 0 bridgehead atoms. The quantitative estimate of drug-likeness (QED) is 0.295. The Bertz CT molecular complexity index is 1620. The number of aryl methyl sites for hydroxylation is 1. The number of hydrogen-bond acceptors (Lipinski definition) is 8. The van der Waals surface area contributed by atoms with Gasteiger partial charge in [0.05, 0.1) is 27.6 Å². The molecule has 8 nitrogen and oxygen atoms in total. The van der Waals surface area contributed by atoms with Gasteiger partial charge in [-0.2, -0.15) is 0 Å². The van der Waals surface area contributed by atoms with Gasteiger partial charge >= 0.3 is 0 Å². The van der Waals surface area contributed by atoms with E-state index in [0.29, 0.717) is 16.9 Å². The highest BCUT2D eigenvalue weighted by molar-refractivity contribution is 7.92. The van der Waals surface area contributed by atoms with Crippen molar-refractivity contribution >= 4 is 45.4 Å². The van der Waals surface area contributed by atoms with Gasteiger partial charge in [-0.3, -0.25) is 3.96 Å². The highest BCUT2D eigenvalue weighted by Crippen LogP contribution is 2.48. The van der Waals surface area contributed by atoms with Crippen LogP contribution in [-0.2, 0) is 15.6 Å². The maximum atomic E-state index is 12.9. The summed E-state index contributed by atoms with van der Waals surface area (Å²) in [6, 6.07) is 14.3. The zero-order valence-electron chi connectivity index (χ0n) is 20.2. The fraction of sp³-hybridized carbons (Fsp3) is 0.240. The monoisotopic (exact) mass is 539 g/mol. The SMILES string of the molecule is CCOc1ccc2c(c1)-c1c(sn(-c3ccc(S(=O)(=O)Nc4nccc(C)n4)cc3)c1=S)C(C)(C)N2. The Morgan fingerprint density at radius 1 is 1.17 bits per heavy atom. The van der Waals surface area contributed by atoms with Gasteiger partial charge in [-0.1, -0.05) is 23.8 Å². The Morgan fingerprint density at radius 2 is 1.92 bits per heavy atom. The number of hydrogen-bond donors (Lipinski definition) is 2. The van der Waals surface area contributed by atoms with Crippen LogP contribution in [0.4, 0.5) is 11.6 Å². The molecule has 0 aliphatic carbocycles. The van der Waals surface area contributed by atoms with Crippen molar-refractivity contribution in [3.8, 4) is 22.6 Å². The number of aromatic nitrogens is 3. The third kappa shape index (κ3) is 4.38. The summed E-state index contributed by atoms with van der Waals surface area (Å²) < 4.78 is 36.5. The average Bonchev–Trinajstić information content (AvgIpc) is 3.18. The van der Waals surface area contributed by atoms with Crippen LogP contribution < -0.4 is 14.8 Å². The van der Waals surface area contributed by atoms with Gasteiger partial charge in [-0.15, -0.1) is 0 Å². The zero-order chi connectivity index (χ0) is 25.7. The second-order valence-corrected chi connectivity index (χ2v) is 11.9. The second-order valence-electron chi connectivity index (χ2n) is 8.91. The smallest absolute Gasteiger partial charge is 0.264 e. The summed E-state index contributed by atoms with van der Waals surface area (Å²) in [7, 11) is -3.84. The van der Waals surface area contributed by atoms with E-state index >= 15 is 0 Å². The van der Waals surface area contributed by atoms with E-state index in [1.54, 1.807) is 48.8 Å². The maximum Gasteiger partial charge on any atom is 0.264 e. The molecule has 0 saturated heterocycles. The third-order valence-corrected chi connectivity index (χ3v) is 9.12. The third-order valence-electron chi connectivity index (χ3n) is 5.80. The van der Waals surface area contributed by atoms with Crippen LogP contribution >= 0.6 is 23.8 Å². The van der Waals surface area contributed by atoms with E-state index < -0.39 is 10.0 Å². The molecule has 0 spiro atoms. The molecule has 0 amide bonds. The van der Waals surface area contributed by atoms with Crippen molar-refractivity contribution in [3.05, 3.63) is 69.9 Å². The van der Waals surface area contributed by atoms with Crippen molar-refractivity contribution in [2.75, 3.05) is 16.6 Å². The zero-order valence-corrected chi connectivity index (χ0v) is 22.6. The number of fused-ring (bicyclic) bond motifs is 3. The van der Waals surface area contributed by atoms with Gasteiger partial charge in [0, 0.05) is 28.7 Å². The minimum Gasteiger partial charge on any atom is -0.494 e. The molecule has 0 atom stereocenters. The first-order chi connectivity index (χ1) is 17.1. The molecule has 0 fully saturated rings. The minimum absolute atomic E-state index is 0.0343. The molecule has 5 rings (SSSR count). The lowest BCUT2D eigenvalue weighted by Crippen LogP contribution is -2.30. The molecule has 1 aliphatic heterocycles. The van der Waals surface area contributed by atoms with Gasteiger partial charge in [0.15, 0.2) is 0 Å². The van der Waals surface area contributed by atoms with Crippen molar-refractivity contribution in [3.63, 3.8) is 0 Å². The molecule has 2 aromatic carbocycles. The van der Waals surface area contributed by atoms with Gasteiger partial charge < -0.3 is 10.1 Å². The largest absolute Gasteiger partial charge is 0.494 e. The lowest BCUT2D eigenvalue weighted by atomic mass is 9.90. The summed E-state index contributed by atoms with van der Waals surface area (Å²) in [6.07, 6.45) is 1.51. The standard InChI is InChI=1S/C25H25N5O3S3/c1-5-33-17-8-11-20-19(14-17)21-22(25(3,4)28-20)35-30(23(21)34)16-6-9-18(10-7-16)36(31,32)29-24-26-13-12-15(2)27-24/h6-14,28H,5H2,1-4H3,(H,26,27,29). The minimum atomic E-state index is -3.84. The van der Waals surface area contributed by atoms with Crippen molar-refractivity contribution in [2.45, 2.75) is 38.1 Å². The first-order valence-corrected chi connectivity index (χ1v) is 14.0. The number of sulfonamides is 1. The molecule has 2 aromatic heterocycles. The molecule has 186 valence electrons. The molecule has 1 aliphatic rings. The lowest BCUT2D eigenvalue weighted by Gasteiger charge is -2.33. The first-order valence-electron chi connectivity index (χ1n) is 11.3. The number of ether oxygens (including phenoxy) is 1. The molecule has 2 N–H and O–H groups in total. The normalized spacial score (nSPS) is 13.9. The van der Waals surface area contributed by atoms with E-state index in [9.17, 15) is 8.42 Å². The fourth-order valence-corrected chi connectivity index (χ4v) is 6.74. The number of rotatable bonds is 6. The van der Waals surface area contributed by atoms with Crippen LogP contribution in [0.5, 0.6) is 5.75 Å². The molecule has 36 heavy (non-hydrogen) atoms. The summed E-state index contributed by atoms with van der Waals surface area (Å²) in [5.41, 5.74) is 4.10. The highest BCUT2D eigenvalue weighted by Gasteiger charge is 2.35. The number of benzene rings is 2. The first kappa shape index (κ1) is 24.4. The summed E-state index contributed by atoms with van der Waals surface area (Å²) in [4.78, 5) is 9.31. The van der Waals surface area contributed by atoms with Crippen molar-refractivity contribution in [1.29, 1.82) is 0 Å². The van der Waals surface area contributed by atoms with E-state index in [4.69, 9.17) is 17.0 Å². The lowest BCUT2D eigenvalue weighted by molar-refractivity contribution is 0.340. The molecule has 11 heteroatoms. The summed E-state index contributed by atoms with van der Waals surface area (Å²) >= 11 is 7.49. The van der Waals surface area contributed by atoms with E-state index in [2.05, 4.69) is 33.9 Å². The topological polar surface area (TPSA) is 98.1 Å². The van der Waals surface area contributed by atoms with Gasteiger partial charge in [0.1, 0.15) is 10.4 Å².